The van der Waals surface area contributed by atoms with Gasteiger partial charge in [-0.1, -0.05) is 11.6 Å². The van der Waals surface area contributed by atoms with Crippen LogP contribution in [0.3, 0.4) is 0 Å². The lowest BCUT2D eigenvalue weighted by molar-refractivity contribution is 0.102. The van der Waals surface area contributed by atoms with Gasteiger partial charge in [-0.3, -0.25) is 9.10 Å². The fraction of sp³-hybridized carbons (Fsp3) is 0.136. The van der Waals surface area contributed by atoms with Crippen LogP contribution in [0.4, 0.5) is 15.8 Å². The van der Waals surface area contributed by atoms with Gasteiger partial charge in [-0.05, 0) is 54.6 Å². The molecule has 0 saturated carbocycles. The molecule has 0 radical (unpaired) electrons. The number of nitrogens with zero attached hydrogens (tertiary/aromatic N) is 1. The molecular weight excluding hydrogens is 459 g/mol. The molecule has 10 heteroatoms. The van der Waals surface area contributed by atoms with E-state index in [1.54, 1.807) is 18.2 Å². The van der Waals surface area contributed by atoms with Crippen molar-refractivity contribution in [1.82, 2.24) is 0 Å². The Morgan fingerprint density at radius 2 is 1.69 bits per heavy atom. The molecule has 168 valence electrons. The number of hydrogen-bond acceptors (Lipinski definition) is 5. The standard InChI is InChI=1S/C22H20ClFN2O5S/c1-26(15-6-4-14(24)5-7-15)32(28,29)17-9-10-19(23)18(13-17)22(27)25-20-12-16(30-2)8-11-21(20)31-3/h4-13H,1-3H3,(H,25,27). The molecule has 0 aliphatic rings. The van der Waals surface area contributed by atoms with Crippen LogP contribution in [0.1, 0.15) is 10.4 Å². The summed E-state index contributed by atoms with van der Waals surface area (Å²) in [4.78, 5) is 12.8. The Hall–Kier alpha value is -3.30. The van der Waals surface area contributed by atoms with Crippen molar-refractivity contribution >= 4 is 38.9 Å². The molecule has 0 unspecified atom stereocenters. The van der Waals surface area contributed by atoms with Crippen LogP contribution >= 0.6 is 11.6 Å². The van der Waals surface area contributed by atoms with Crippen LogP contribution < -0.4 is 19.1 Å². The number of amides is 1. The van der Waals surface area contributed by atoms with Gasteiger partial charge >= 0.3 is 0 Å². The summed E-state index contributed by atoms with van der Waals surface area (Å²) in [6, 6.07) is 13.6. The molecule has 3 rings (SSSR count). The van der Waals surface area contributed by atoms with Gasteiger partial charge in [0.15, 0.2) is 0 Å². The Labute approximate surface area is 190 Å². The van der Waals surface area contributed by atoms with Crippen molar-refractivity contribution in [3.63, 3.8) is 0 Å². The fourth-order valence-electron chi connectivity index (χ4n) is 2.89. The van der Waals surface area contributed by atoms with Crippen LogP contribution in [0.15, 0.2) is 65.6 Å². The molecule has 0 atom stereocenters. The Bertz CT molecular complexity index is 1250. The highest BCUT2D eigenvalue weighted by atomic mass is 35.5. The SMILES string of the molecule is COc1ccc(OC)c(NC(=O)c2cc(S(=O)(=O)N(C)c3ccc(F)cc3)ccc2Cl)c1. The van der Waals surface area contributed by atoms with E-state index in [1.807, 2.05) is 0 Å². The third kappa shape index (κ3) is 4.79. The Morgan fingerprint density at radius 3 is 2.31 bits per heavy atom. The predicted molar refractivity (Wildman–Crippen MR) is 121 cm³/mol. The highest BCUT2D eigenvalue weighted by molar-refractivity contribution is 7.92. The van der Waals surface area contributed by atoms with E-state index >= 15 is 0 Å². The van der Waals surface area contributed by atoms with Crippen LogP contribution in [0.25, 0.3) is 0 Å². The van der Waals surface area contributed by atoms with Gasteiger partial charge in [0.1, 0.15) is 17.3 Å². The van der Waals surface area contributed by atoms with Gasteiger partial charge < -0.3 is 14.8 Å². The van der Waals surface area contributed by atoms with E-state index in [-0.39, 0.29) is 21.2 Å². The van der Waals surface area contributed by atoms with Crippen molar-refractivity contribution in [3.8, 4) is 11.5 Å². The van der Waals surface area contributed by atoms with Crippen LogP contribution in [0, 0.1) is 5.82 Å². The number of sulfonamides is 1. The number of benzene rings is 3. The Kier molecular flexibility index (Phi) is 6.90. The first-order valence-electron chi connectivity index (χ1n) is 9.25. The molecule has 1 N–H and O–H groups in total. The highest BCUT2D eigenvalue weighted by Crippen LogP contribution is 2.31. The number of carbonyl (C=O) groups excluding carboxylic acids is 1. The monoisotopic (exact) mass is 478 g/mol. The van der Waals surface area contributed by atoms with E-state index in [4.69, 9.17) is 21.1 Å². The second-order valence-electron chi connectivity index (χ2n) is 6.61. The van der Waals surface area contributed by atoms with E-state index < -0.39 is 21.7 Å². The first-order valence-corrected chi connectivity index (χ1v) is 11.1. The third-order valence-electron chi connectivity index (χ3n) is 4.69. The lowest BCUT2D eigenvalue weighted by Crippen LogP contribution is -2.27. The topological polar surface area (TPSA) is 84.9 Å². The molecule has 0 heterocycles. The van der Waals surface area contributed by atoms with E-state index in [1.165, 1.54) is 51.6 Å². The first-order chi connectivity index (χ1) is 15.2. The maximum absolute atomic E-state index is 13.2. The Balaban J connectivity index is 1.95. The molecule has 0 aromatic heterocycles. The summed E-state index contributed by atoms with van der Waals surface area (Å²) in [7, 11) is 0.215. The summed E-state index contributed by atoms with van der Waals surface area (Å²) in [6.45, 7) is 0. The summed E-state index contributed by atoms with van der Waals surface area (Å²) in [5.74, 6) is -0.249. The molecule has 0 aliphatic heterocycles. The van der Waals surface area contributed by atoms with Gasteiger partial charge in [-0.25, -0.2) is 12.8 Å². The number of ether oxygens (including phenoxy) is 2. The zero-order valence-electron chi connectivity index (χ0n) is 17.4. The van der Waals surface area contributed by atoms with E-state index in [9.17, 15) is 17.6 Å². The quantitative estimate of drug-likeness (QED) is 0.537. The maximum atomic E-state index is 13.2. The number of hydrogen-bond donors (Lipinski definition) is 1. The molecule has 0 aliphatic carbocycles. The summed E-state index contributed by atoms with van der Waals surface area (Å²) in [5.41, 5.74) is 0.531. The number of rotatable bonds is 7. The average Bonchev–Trinajstić information content (AvgIpc) is 2.79. The largest absolute Gasteiger partial charge is 0.497 e. The van der Waals surface area contributed by atoms with Gasteiger partial charge in [0.05, 0.1) is 41.1 Å². The van der Waals surface area contributed by atoms with Crippen molar-refractivity contribution < 1.29 is 27.1 Å². The fourth-order valence-corrected chi connectivity index (χ4v) is 4.31. The lowest BCUT2D eigenvalue weighted by Gasteiger charge is -2.20. The van der Waals surface area contributed by atoms with Gasteiger partial charge in [-0.2, -0.15) is 0 Å². The van der Waals surface area contributed by atoms with Crippen molar-refractivity contribution in [3.05, 3.63) is 77.1 Å². The van der Waals surface area contributed by atoms with Crippen LogP contribution in [0.2, 0.25) is 5.02 Å². The van der Waals surface area contributed by atoms with Crippen molar-refractivity contribution in [2.75, 3.05) is 30.9 Å². The minimum Gasteiger partial charge on any atom is -0.497 e. The molecule has 0 saturated heterocycles. The second-order valence-corrected chi connectivity index (χ2v) is 8.99. The van der Waals surface area contributed by atoms with Crippen molar-refractivity contribution in [2.45, 2.75) is 4.90 Å². The molecule has 3 aromatic rings. The molecule has 0 fully saturated rings. The van der Waals surface area contributed by atoms with Gasteiger partial charge in [0.2, 0.25) is 0 Å². The zero-order valence-corrected chi connectivity index (χ0v) is 19.0. The number of nitrogens with one attached hydrogen (secondary N) is 1. The van der Waals surface area contributed by atoms with E-state index in [0.29, 0.717) is 17.2 Å². The minimum atomic E-state index is -4.05. The summed E-state index contributed by atoms with van der Waals surface area (Å²) in [6.07, 6.45) is 0. The molecule has 3 aromatic carbocycles. The number of anilines is 2. The average molecular weight is 479 g/mol. The summed E-state index contributed by atoms with van der Waals surface area (Å²) in [5, 5.41) is 2.72. The third-order valence-corrected chi connectivity index (χ3v) is 6.80. The van der Waals surface area contributed by atoms with E-state index in [2.05, 4.69) is 5.32 Å². The highest BCUT2D eigenvalue weighted by Gasteiger charge is 2.24. The molecule has 1 amide bonds. The second kappa shape index (κ2) is 9.46. The minimum absolute atomic E-state index is 0.0508. The molecule has 0 bridgehead atoms. The smallest absolute Gasteiger partial charge is 0.264 e. The lowest BCUT2D eigenvalue weighted by atomic mass is 10.2. The predicted octanol–water partition coefficient (Wildman–Crippen LogP) is 4.57. The Morgan fingerprint density at radius 1 is 1.00 bits per heavy atom. The van der Waals surface area contributed by atoms with Gasteiger partial charge in [0.25, 0.3) is 15.9 Å². The van der Waals surface area contributed by atoms with Crippen LogP contribution in [0.5, 0.6) is 11.5 Å². The molecule has 32 heavy (non-hydrogen) atoms. The molecule has 0 spiro atoms. The van der Waals surface area contributed by atoms with E-state index in [0.717, 1.165) is 16.4 Å². The van der Waals surface area contributed by atoms with Crippen molar-refractivity contribution in [1.29, 1.82) is 0 Å². The normalized spacial score (nSPS) is 11.0. The first kappa shape index (κ1) is 23.4. The molecule has 7 nitrogen and oxygen atoms in total. The van der Waals surface area contributed by atoms with Gasteiger partial charge in [-0.15, -0.1) is 0 Å². The maximum Gasteiger partial charge on any atom is 0.264 e. The van der Waals surface area contributed by atoms with Crippen LogP contribution in [-0.2, 0) is 10.0 Å². The van der Waals surface area contributed by atoms with Crippen LogP contribution in [-0.4, -0.2) is 35.6 Å². The summed E-state index contributed by atoms with van der Waals surface area (Å²) >= 11 is 6.19. The summed E-state index contributed by atoms with van der Waals surface area (Å²) < 4.78 is 50.7. The molecular formula is C22H20ClFN2O5S. The van der Waals surface area contributed by atoms with Crippen molar-refractivity contribution in [2.24, 2.45) is 0 Å². The number of halogens is 2. The van der Waals surface area contributed by atoms with Gasteiger partial charge in [0, 0.05) is 13.1 Å². The number of carbonyl (C=O) groups is 1. The zero-order chi connectivity index (χ0) is 23.5. The number of methoxy groups -OCH3 is 2.